The van der Waals surface area contributed by atoms with Crippen molar-refractivity contribution in [2.24, 2.45) is 5.73 Å². The first kappa shape index (κ1) is 22.8. The molecule has 2 amide bonds. The molecule has 1 aromatic rings. The highest BCUT2D eigenvalue weighted by Gasteiger charge is 2.38. The number of phenolic OH excluding ortho intramolecular Hbond substituents is 1. The number of hydrogen-bond acceptors (Lipinski definition) is 4. The summed E-state index contributed by atoms with van der Waals surface area (Å²) in [5, 5.41) is 22.3. The van der Waals surface area contributed by atoms with E-state index >= 15 is 0 Å². The average Bonchev–Trinajstić information content (AvgIpc) is 2.44. The number of carboxylic acid groups (broad SMARTS) is 1. The summed E-state index contributed by atoms with van der Waals surface area (Å²) in [5.41, 5.74) is 7.03. The van der Waals surface area contributed by atoms with Gasteiger partial charge in [-0.25, -0.2) is 4.79 Å². The van der Waals surface area contributed by atoms with Crippen LogP contribution in [0, 0.1) is 13.8 Å². The quantitative estimate of drug-likeness (QED) is 0.606. The second-order valence-corrected chi connectivity index (χ2v) is 8.81. The number of phenols is 1. The Bertz CT molecular complexity index is 679. The Morgan fingerprint density at radius 2 is 1.63 bits per heavy atom. The van der Waals surface area contributed by atoms with E-state index in [9.17, 15) is 19.8 Å². The molecule has 0 aliphatic carbocycles. The summed E-state index contributed by atoms with van der Waals surface area (Å²) in [6.07, 6.45) is -0.957. The van der Waals surface area contributed by atoms with Crippen LogP contribution in [0.25, 0.3) is 0 Å². The minimum atomic E-state index is -1.16. The van der Waals surface area contributed by atoms with Crippen LogP contribution in [0.4, 0.5) is 4.79 Å². The first-order valence-corrected chi connectivity index (χ1v) is 9.01. The van der Waals surface area contributed by atoms with Crippen molar-refractivity contribution in [3.8, 4) is 5.75 Å². The maximum Gasteiger partial charge on any atom is 0.408 e. The minimum absolute atomic E-state index is 0.144. The van der Waals surface area contributed by atoms with E-state index in [-0.39, 0.29) is 18.7 Å². The SMILES string of the molecule is Cc1cc(O)cc(C)c1CC(C(=O)NCC(C)(C)N)N(C(=O)O)C(C)(C)C. The lowest BCUT2D eigenvalue weighted by Crippen LogP contribution is -2.59. The molecule has 0 saturated carbocycles. The molecule has 1 rings (SSSR count). The van der Waals surface area contributed by atoms with Crippen LogP contribution in [0.15, 0.2) is 12.1 Å². The van der Waals surface area contributed by atoms with E-state index in [1.165, 1.54) is 4.90 Å². The van der Waals surface area contributed by atoms with Gasteiger partial charge in [0.1, 0.15) is 11.8 Å². The topological polar surface area (TPSA) is 116 Å². The monoisotopic (exact) mass is 379 g/mol. The molecular formula is C20H33N3O4. The third-order valence-corrected chi connectivity index (χ3v) is 4.34. The van der Waals surface area contributed by atoms with E-state index in [0.29, 0.717) is 0 Å². The average molecular weight is 380 g/mol. The number of benzene rings is 1. The number of aromatic hydroxyl groups is 1. The molecule has 0 fully saturated rings. The molecule has 0 radical (unpaired) electrons. The number of hydrogen-bond donors (Lipinski definition) is 4. The second kappa shape index (κ2) is 8.17. The molecule has 1 aromatic carbocycles. The van der Waals surface area contributed by atoms with E-state index in [2.05, 4.69) is 5.32 Å². The van der Waals surface area contributed by atoms with Crippen LogP contribution < -0.4 is 11.1 Å². The number of nitrogens with zero attached hydrogens (tertiary/aromatic N) is 1. The zero-order valence-electron chi connectivity index (χ0n) is 17.4. The Kier molecular flexibility index (Phi) is 6.88. The molecule has 1 unspecified atom stereocenters. The lowest BCUT2D eigenvalue weighted by Gasteiger charge is -2.39. The fourth-order valence-corrected chi connectivity index (χ4v) is 3.11. The first-order chi connectivity index (χ1) is 12.1. The van der Waals surface area contributed by atoms with Crippen molar-refractivity contribution < 1.29 is 19.8 Å². The summed E-state index contributed by atoms with van der Waals surface area (Å²) < 4.78 is 0. The molecule has 0 aliphatic heterocycles. The molecule has 7 heteroatoms. The molecule has 0 saturated heterocycles. The summed E-state index contributed by atoms with van der Waals surface area (Å²) in [6, 6.07) is 2.30. The zero-order chi connectivity index (χ0) is 21.2. The highest BCUT2D eigenvalue weighted by Crippen LogP contribution is 2.26. The standard InChI is InChI=1S/C20H33N3O4/c1-12-8-14(24)9-13(2)15(12)10-16(17(25)22-11-20(6,7)21)23(18(26)27)19(3,4)5/h8-9,16,24H,10-11,21H2,1-7H3,(H,22,25)(H,26,27). The Morgan fingerprint density at radius 3 is 2.00 bits per heavy atom. The predicted molar refractivity (Wildman–Crippen MR) is 106 cm³/mol. The van der Waals surface area contributed by atoms with Crippen molar-refractivity contribution >= 4 is 12.0 Å². The molecule has 0 spiro atoms. The predicted octanol–water partition coefficient (Wildman–Crippen LogP) is 2.55. The van der Waals surface area contributed by atoms with Gasteiger partial charge in [-0.05, 0) is 77.3 Å². The Balaban J connectivity index is 3.33. The number of amides is 2. The van der Waals surface area contributed by atoms with Crippen molar-refractivity contribution in [3.63, 3.8) is 0 Å². The largest absolute Gasteiger partial charge is 0.508 e. The molecule has 0 aromatic heterocycles. The van der Waals surface area contributed by atoms with Gasteiger partial charge in [0.25, 0.3) is 0 Å². The van der Waals surface area contributed by atoms with Gasteiger partial charge in [0, 0.05) is 24.0 Å². The summed E-state index contributed by atoms with van der Waals surface area (Å²) in [6.45, 7) is 12.7. The van der Waals surface area contributed by atoms with Gasteiger partial charge < -0.3 is 21.3 Å². The molecule has 7 nitrogen and oxygen atoms in total. The van der Waals surface area contributed by atoms with Gasteiger partial charge in [-0.2, -0.15) is 0 Å². The maximum absolute atomic E-state index is 13.0. The van der Waals surface area contributed by atoms with Gasteiger partial charge >= 0.3 is 6.09 Å². The van der Waals surface area contributed by atoms with Crippen molar-refractivity contribution in [2.45, 2.75) is 72.0 Å². The van der Waals surface area contributed by atoms with Gasteiger partial charge in [-0.3, -0.25) is 9.69 Å². The van der Waals surface area contributed by atoms with Crippen LogP contribution in [-0.2, 0) is 11.2 Å². The summed E-state index contributed by atoms with van der Waals surface area (Å²) in [7, 11) is 0. The first-order valence-electron chi connectivity index (χ1n) is 9.01. The number of carbonyl (C=O) groups excluding carboxylic acids is 1. The maximum atomic E-state index is 13.0. The van der Waals surface area contributed by atoms with Crippen LogP contribution in [0.3, 0.4) is 0 Å². The fourth-order valence-electron chi connectivity index (χ4n) is 3.11. The van der Waals surface area contributed by atoms with Crippen LogP contribution in [0.1, 0.15) is 51.3 Å². The Hall–Kier alpha value is -2.28. The molecule has 5 N–H and O–H groups in total. The number of nitrogens with two attached hydrogens (primary N) is 1. The van der Waals surface area contributed by atoms with Crippen molar-refractivity contribution in [1.29, 1.82) is 0 Å². The van der Waals surface area contributed by atoms with E-state index in [1.54, 1.807) is 46.8 Å². The van der Waals surface area contributed by atoms with Crippen molar-refractivity contribution in [2.75, 3.05) is 6.54 Å². The van der Waals surface area contributed by atoms with Gasteiger partial charge in [-0.15, -0.1) is 0 Å². The Labute approximate surface area is 161 Å². The van der Waals surface area contributed by atoms with Gasteiger partial charge in [0.15, 0.2) is 0 Å². The number of carbonyl (C=O) groups is 2. The summed E-state index contributed by atoms with van der Waals surface area (Å²) >= 11 is 0. The van der Waals surface area contributed by atoms with Gasteiger partial charge in [0.05, 0.1) is 0 Å². The fraction of sp³-hybridized carbons (Fsp3) is 0.600. The normalized spacial score (nSPS) is 13.2. The molecule has 0 aliphatic rings. The summed E-state index contributed by atoms with van der Waals surface area (Å²) in [5.74, 6) is -0.247. The third-order valence-electron chi connectivity index (χ3n) is 4.34. The van der Waals surface area contributed by atoms with Crippen LogP contribution in [0.5, 0.6) is 5.75 Å². The molecule has 152 valence electrons. The lowest BCUT2D eigenvalue weighted by atomic mass is 9.92. The number of nitrogens with one attached hydrogen (secondary N) is 1. The number of aryl methyl sites for hydroxylation is 2. The molecule has 0 heterocycles. The second-order valence-electron chi connectivity index (χ2n) is 8.81. The van der Waals surface area contributed by atoms with Crippen LogP contribution in [0.2, 0.25) is 0 Å². The van der Waals surface area contributed by atoms with Crippen LogP contribution in [-0.4, -0.2) is 50.8 Å². The van der Waals surface area contributed by atoms with Gasteiger partial charge in [0.2, 0.25) is 5.91 Å². The molecular weight excluding hydrogens is 346 g/mol. The highest BCUT2D eigenvalue weighted by atomic mass is 16.4. The van der Waals surface area contributed by atoms with Crippen LogP contribution >= 0.6 is 0 Å². The van der Waals surface area contributed by atoms with E-state index < -0.39 is 29.1 Å². The third kappa shape index (κ3) is 6.43. The minimum Gasteiger partial charge on any atom is -0.508 e. The smallest absolute Gasteiger partial charge is 0.408 e. The molecule has 27 heavy (non-hydrogen) atoms. The molecule has 0 bridgehead atoms. The van der Waals surface area contributed by atoms with E-state index in [1.807, 2.05) is 13.8 Å². The summed E-state index contributed by atoms with van der Waals surface area (Å²) in [4.78, 5) is 26.1. The number of rotatable bonds is 6. The molecule has 1 atom stereocenters. The lowest BCUT2D eigenvalue weighted by molar-refractivity contribution is -0.127. The van der Waals surface area contributed by atoms with E-state index in [4.69, 9.17) is 5.73 Å². The van der Waals surface area contributed by atoms with Crippen molar-refractivity contribution in [3.05, 3.63) is 28.8 Å². The zero-order valence-corrected chi connectivity index (χ0v) is 17.4. The van der Waals surface area contributed by atoms with Gasteiger partial charge in [-0.1, -0.05) is 0 Å². The van der Waals surface area contributed by atoms with Crippen molar-refractivity contribution in [1.82, 2.24) is 10.2 Å². The Morgan fingerprint density at radius 1 is 1.15 bits per heavy atom. The van der Waals surface area contributed by atoms with E-state index in [0.717, 1.165) is 16.7 Å². The highest BCUT2D eigenvalue weighted by molar-refractivity contribution is 5.86.